The molecule has 0 radical (unpaired) electrons. The number of hydrogen-bond donors (Lipinski definition) is 0. The van der Waals surface area contributed by atoms with E-state index in [1.54, 1.807) is 30.0 Å². The number of sulfonamides is 1. The normalized spacial score (nSPS) is 20.0. The fourth-order valence-electron chi connectivity index (χ4n) is 2.15. The average Bonchev–Trinajstić information content (AvgIpc) is 2.38. The summed E-state index contributed by atoms with van der Waals surface area (Å²) in [7, 11) is -3.57. The van der Waals surface area contributed by atoms with Gasteiger partial charge in [-0.1, -0.05) is 17.7 Å². The fraction of sp³-hybridized carbons (Fsp3) is 0.538. The van der Waals surface area contributed by atoms with Crippen LogP contribution >= 0.6 is 35.0 Å². The standard InChI is InChI=1S/C13H17Cl2NO2S2/c1-13(2)9-16(5-6-19-13)20(17,18)12-7-10(8-14)3-4-11(12)15/h3-4,7H,5-6,8-9H2,1-2H3. The van der Waals surface area contributed by atoms with Crippen molar-refractivity contribution in [2.24, 2.45) is 0 Å². The predicted molar refractivity (Wildman–Crippen MR) is 86.3 cm³/mol. The minimum Gasteiger partial charge on any atom is -0.207 e. The van der Waals surface area contributed by atoms with E-state index in [2.05, 4.69) is 13.8 Å². The van der Waals surface area contributed by atoms with Gasteiger partial charge in [-0.3, -0.25) is 0 Å². The lowest BCUT2D eigenvalue weighted by molar-refractivity contribution is 0.387. The van der Waals surface area contributed by atoms with Crippen LogP contribution in [0.2, 0.25) is 5.02 Å². The van der Waals surface area contributed by atoms with Gasteiger partial charge in [-0.2, -0.15) is 16.1 Å². The summed E-state index contributed by atoms with van der Waals surface area (Å²) in [6.07, 6.45) is 0. The first-order valence-electron chi connectivity index (χ1n) is 6.25. The SMILES string of the molecule is CC1(C)CN(S(=O)(=O)c2cc(CCl)ccc2Cl)CCS1. The molecule has 0 aliphatic carbocycles. The third-order valence-corrected chi connectivity index (χ3v) is 7.09. The van der Waals surface area contributed by atoms with Crippen LogP contribution < -0.4 is 0 Å². The van der Waals surface area contributed by atoms with Crippen molar-refractivity contribution in [1.82, 2.24) is 4.31 Å². The first-order valence-corrected chi connectivity index (χ1v) is 9.58. The summed E-state index contributed by atoms with van der Waals surface area (Å²) < 4.78 is 26.9. The molecule has 0 bridgehead atoms. The van der Waals surface area contributed by atoms with Gasteiger partial charge in [-0.25, -0.2) is 8.42 Å². The van der Waals surface area contributed by atoms with E-state index in [9.17, 15) is 8.42 Å². The molecular weight excluding hydrogens is 337 g/mol. The fourth-order valence-corrected chi connectivity index (χ4v) is 5.75. The van der Waals surface area contributed by atoms with E-state index in [1.165, 1.54) is 4.31 Å². The van der Waals surface area contributed by atoms with Crippen molar-refractivity contribution in [2.75, 3.05) is 18.8 Å². The van der Waals surface area contributed by atoms with Crippen LogP contribution in [0.1, 0.15) is 19.4 Å². The molecule has 1 aromatic carbocycles. The Morgan fingerprint density at radius 1 is 1.40 bits per heavy atom. The second-order valence-corrected chi connectivity index (χ2v) is 9.73. The molecule has 1 heterocycles. The van der Waals surface area contributed by atoms with Crippen LogP contribution in [0, 0.1) is 0 Å². The molecule has 3 nitrogen and oxygen atoms in total. The molecule has 1 aliphatic heterocycles. The van der Waals surface area contributed by atoms with Crippen LogP contribution in [0.3, 0.4) is 0 Å². The van der Waals surface area contributed by atoms with Crippen molar-refractivity contribution >= 4 is 45.0 Å². The van der Waals surface area contributed by atoms with Gasteiger partial charge in [0, 0.05) is 29.5 Å². The highest BCUT2D eigenvalue weighted by molar-refractivity contribution is 8.00. The third kappa shape index (κ3) is 3.45. The van der Waals surface area contributed by atoms with Gasteiger partial charge < -0.3 is 0 Å². The molecule has 2 rings (SSSR count). The first-order chi connectivity index (χ1) is 9.26. The number of halogens is 2. The van der Waals surface area contributed by atoms with Crippen LogP contribution in [-0.2, 0) is 15.9 Å². The summed E-state index contributed by atoms with van der Waals surface area (Å²) in [5.41, 5.74) is 0.750. The topological polar surface area (TPSA) is 37.4 Å². The predicted octanol–water partition coefficient (Wildman–Crippen LogP) is 3.59. The quantitative estimate of drug-likeness (QED) is 0.779. The highest BCUT2D eigenvalue weighted by Crippen LogP contribution is 2.34. The Balaban J connectivity index is 2.40. The highest BCUT2D eigenvalue weighted by Gasteiger charge is 2.35. The second kappa shape index (κ2) is 6.05. The van der Waals surface area contributed by atoms with Crippen molar-refractivity contribution in [3.05, 3.63) is 28.8 Å². The molecule has 0 amide bonds. The zero-order valence-corrected chi connectivity index (χ0v) is 14.5. The van der Waals surface area contributed by atoms with Gasteiger partial charge in [0.15, 0.2) is 0 Å². The lowest BCUT2D eigenvalue weighted by Gasteiger charge is -2.36. The van der Waals surface area contributed by atoms with Gasteiger partial charge in [0.1, 0.15) is 4.90 Å². The Kier molecular flexibility index (Phi) is 4.97. The minimum absolute atomic E-state index is 0.0815. The molecule has 0 aromatic heterocycles. The lowest BCUT2D eigenvalue weighted by Crippen LogP contribution is -2.46. The number of nitrogens with zero attached hydrogens (tertiary/aromatic N) is 1. The Bertz CT molecular complexity index is 602. The third-order valence-electron chi connectivity index (χ3n) is 3.16. The molecule has 20 heavy (non-hydrogen) atoms. The summed E-state index contributed by atoms with van der Waals surface area (Å²) >= 11 is 13.6. The molecule has 7 heteroatoms. The number of thioether (sulfide) groups is 1. The Morgan fingerprint density at radius 3 is 2.70 bits per heavy atom. The first kappa shape index (κ1) is 16.4. The molecule has 1 fully saturated rings. The Labute approximate surface area is 134 Å². The zero-order chi connectivity index (χ0) is 15.0. The summed E-state index contributed by atoms with van der Waals surface area (Å²) in [6, 6.07) is 4.90. The van der Waals surface area contributed by atoms with Crippen molar-refractivity contribution in [2.45, 2.75) is 29.4 Å². The monoisotopic (exact) mass is 353 g/mol. The Morgan fingerprint density at radius 2 is 2.10 bits per heavy atom. The zero-order valence-electron chi connectivity index (χ0n) is 11.4. The van der Waals surface area contributed by atoms with Gasteiger partial charge in [0.05, 0.1) is 5.02 Å². The van der Waals surface area contributed by atoms with Crippen LogP contribution in [0.5, 0.6) is 0 Å². The van der Waals surface area contributed by atoms with Crippen LogP contribution in [0.25, 0.3) is 0 Å². The molecule has 0 atom stereocenters. The smallest absolute Gasteiger partial charge is 0.207 e. The molecule has 1 aromatic rings. The lowest BCUT2D eigenvalue weighted by atomic mass is 10.2. The molecule has 112 valence electrons. The maximum Gasteiger partial charge on any atom is 0.244 e. The molecule has 0 unspecified atom stereocenters. The minimum atomic E-state index is -3.57. The van der Waals surface area contributed by atoms with E-state index >= 15 is 0 Å². The van der Waals surface area contributed by atoms with Crippen LogP contribution in [-0.4, -0.2) is 36.3 Å². The maximum atomic E-state index is 12.8. The number of benzene rings is 1. The van der Waals surface area contributed by atoms with Crippen molar-refractivity contribution in [1.29, 1.82) is 0 Å². The summed E-state index contributed by atoms with van der Waals surface area (Å²) in [5.74, 6) is 1.06. The van der Waals surface area contributed by atoms with E-state index in [0.29, 0.717) is 13.1 Å². The summed E-state index contributed by atoms with van der Waals surface area (Å²) in [6.45, 7) is 5.10. The van der Waals surface area contributed by atoms with Gasteiger partial charge in [0.25, 0.3) is 0 Å². The van der Waals surface area contributed by atoms with Gasteiger partial charge in [-0.05, 0) is 31.5 Å². The largest absolute Gasteiger partial charge is 0.244 e. The van der Waals surface area contributed by atoms with Crippen molar-refractivity contribution < 1.29 is 8.42 Å². The average molecular weight is 354 g/mol. The Hall–Kier alpha value is 0.0600. The van der Waals surface area contributed by atoms with Crippen molar-refractivity contribution in [3.8, 4) is 0 Å². The molecule has 0 spiro atoms. The molecule has 1 aliphatic rings. The van der Waals surface area contributed by atoms with Gasteiger partial charge in [0.2, 0.25) is 10.0 Å². The van der Waals surface area contributed by atoms with E-state index in [4.69, 9.17) is 23.2 Å². The number of alkyl halides is 1. The number of rotatable bonds is 3. The number of hydrogen-bond acceptors (Lipinski definition) is 3. The molecule has 0 saturated carbocycles. The van der Waals surface area contributed by atoms with E-state index in [0.717, 1.165) is 11.3 Å². The van der Waals surface area contributed by atoms with Crippen molar-refractivity contribution in [3.63, 3.8) is 0 Å². The van der Waals surface area contributed by atoms with E-state index in [-0.39, 0.29) is 20.5 Å². The van der Waals surface area contributed by atoms with Crippen LogP contribution in [0.15, 0.2) is 23.1 Å². The summed E-state index contributed by atoms with van der Waals surface area (Å²) in [5, 5.41) is 0.245. The van der Waals surface area contributed by atoms with Crippen LogP contribution in [0.4, 0.5) is 0 Å². The van der Waals surface area contributed by atoms with Gasteiger partial charge >= 0.3 is 0 Å². The maximum absolute atomic E-state index is 12.8. The molecule has 0 N–H and O–H groups in total. The second-order valence-electron chi connectivity index (χ2n) is 5.35. The molecular formula is C13H17Cl2NO2S2. The molecule has 1 saturated heterocycles. The highest BCUT2D eigenvalue weighted by atomic mass is 35.5. The van der Waals surface area contributed by atoms with E-state index < -0.39 is 10.0 Å². The summed E-state index contributed by atoms with van der Waals surface area (Å²) in [4.78, 5) is 0.153. The van der Waals surface area contributed by atoms with E-state index in [1.807, 2.05) is 0 Å². The van der Waals surface area contributed by atoms with Gasteiger partial charge in [-0.15, -0.1) is 11.6 Å².